The number of aliphatic imine (C=N–C) groups is 1. The summed E-state index contributed by atoms with van der Waals surface area (Å²) in [5.74, 6) is 1.11. The van der Waals surface area contributed by atoms with Gasteiger partial charge in [0.05, 0.1) is 6.61 Å². The van der Waals surface area contributed by atoms with E-state index in [1.807, 2.05) is 6.92 Å². The van der Waals surface area contributed by atoms with Crippen LogP contribution in [0.1, 0.15) is 45.4 Å². The van der Waals surface area contributed by atoms with Gasteiger partial charge in [0.15, 0.2) is 0 Å². The number of rotatable bonds is 1. The van der Waals surface area contributed by atoms with Crippen molar-refractivity contribution in [2.24, 2.45) is 4.99 Å². The molecule has 0 radical (unpaired) electrons. The van der Waals surface area contributed by atoms with Gasteiger partial charge >= 0.3 is 0 Å². The molecule has 15 heavy (non-hydrogen) atoms. The molecule has 1 aliphatic carbocycles. The Morgan fingerprint density at radius 2 is 2.00 bits per heavy atom. The van der Waals surface area contributed by atoms with E-state index in [0.717, 1.165) is 24.0 Å². The smallest absolute Gasteiger partial charge is 0.250 e. The largest absolute Gasteiger partial charge is 0.473 e. The molecule has 2 aliphatic rings. The maximum Gasteiger partial charge on any atom is 0.250 e. The van der Waals surface area contributed by atoms with Gasteiger partial charge in [0.1, 0.15) is 0 Å². The molecular formula is C12H19NOS. The second-order valence-electron chi connectivity index (χ2n) is 4.06. The Bertz CT molecular complexity index is 283. The van der Waals surface area contributed by atoms with Crippen molar-refractivity contribution in [2.45, 2.75) is 45.4 Å². The molecule has 0 N–H and O–H groups in total. The monoisotopic (exact) mass is 225 g/mol. The Hall–Kier alpha value is -0.440. The van der Waals surface area contributed by atoms with E-state index in [4.69, 9.17) is 4.74 Å². The fraction of sp³-hybridized carbons (Fsp3) is 0.750. The molecule has 0 aromatic rings. The summed E-state index contributed by atoms with van der Waals surface area (Å²) in [5, 5.41) is 0.886. The van der Waals surface area contributed by atoms with Crippen LogP contribution >= 0.6 is 11.8 Å². The minimum absolute atomic E-state index is 0.731. The van der Waals surface area contributed by atoms with Gasteiger partial charge in [-0.15, -0.1) is 0 Å². The fourth-order valence-corrected chi connectivity index (χ4v) is 3.07. The summed E-state index contributed by atoms with van der Waals surface area (Å²) < 4.78 is 5.48. The van der Waals surface area contributed by atoms with Gasteiger partial charge in [0.2, 0.25) is 0 Å². The first kappa shape index (κ1) is 11.1. The average molecular weight is 225 g/mol. The quantitative estimate of drug-likeness (QED) is 0.678. The molecule has 0 unspecified atom stereocenters. The van der Waals surface area contributed by atoms with Crippen LogP contribution in [0.25, 0.3) is 0 Å². The summed E-state index contributed by atoms with van der Waals surface area (Å²) in [7, 11) is 0. The molecule has 0 amide bonds. The molecule has 1 heterocycles. The van der Waals surface area contributed by atoms with E-state index >= 15 is 0 Å². The number of nitrogens with zero attached hydrogens (tertiary/aromatic N) is 1. The molecule has 84 valence electrons. The predicted octanol–water partition coefficient (Wildman–Crippen LogP) is 3.73. The zero-order valence-corrected chi connectivity index (χ0v) is 10.2. The first-order valence-electron chi connectivity index (χ1n) is 5.95. The third-order valence-corrected chi connectivity index (χ3v) is 3.86. The van der Waals surface area contributed by atoms with Crippen molar-refractivity contribution >= 4 is 17.0 Å². The molecule has 3 heteroatoms. The minimum Gasteiger partial charge on any atom is -0.473 e. The van der Waals surface area contributed by atoms with E-state index in [9.17, 15) is 0 Å². The number of hydrogen-bond donors (Lipinski definition) is 0. The van der Waals surface area contributed by atoms with Crippen molar-refractivity contribution in [3.63, 3.8) is 0 Å². The highest BCUT2D eigenvalue weighted by molar-refractivity contribution is 8.13. The van der Waals surface area contributed by atoms with Gasteiger partial charge in [0, 0.05) is 11.4 Å². The lowest BCUT2D eigenvalue weighted by Gasteiger charge is -2.20. The Kier molecular flexibility index (Phi) is 4.12. The maximum atomic E-state index is 5.48. The van der Waals surface area contributed by atoms with E-state index in [1.165, 1.54) is 37.8 Å². The summed E-state index contributed by atoms with van der Waals surface area (Å²) in [6.45, 7) is 2.75. The molecular weight excluding hydrogens is 206 g/mol. The molecule has 0 fully saturated rings. The highest BCUT2D eigenvalue weighted by atomic mass is 32.2. The normalized spacial score (nSPS) is 22.6. The Labute approximate surface area is 96.2 Å². The fourth-order valence-electron chi connectivity index (χ4n) is 2.08. The van der Waals surface area contributed by atoms with Gasteiger partial charge in [-0.25, -0.2) is 4.99 Å². The van der Waals surface area contributed by atoms with Gasteiger partial charge in [-0.2, -0.15) is 0 Å². The number of ether oxygens (including phenoxy) is 1. The van der Waals surface area contributed by atoms with Gasteiger partial charge in [-0.3, -0.25) is 0 Å². The Morgan fingerprint density at radius 1 is 1.20 bits per heavy atom. The number of thioether (sulfide) groups is 1. The standard InChI is InChI=1S/C12H19NOS/c1-2-14-12-13-11-8-6-4-3-5-7-10(11)9-15-12/h2-9H2,1H3. The van der Waals surface area contributed by atoms with Crippen LogP contribution in [0.2, 0.25) is 0 Å². The first-order chi connectivity index (χ1) is 7.40. The molecule has 0 saturated carbocycles. The molecule has 1 aliphatic heterocycles. The topological polar surface area (TPSA) is 21.6 Å². The second-order valence-corrected chi connectivity index (χ2v) is 4.99. The third-order valence-electron chi connectivity index (χ3n) is 2.91. The zero-order chi connectivity index (χ0) is 10.5. The molecule has 0 aromatic carbocycles. The van der Waals surface area contributed by atoms with E-state index in [1.54, 1.807) is 17.3 Å². The van der Waals surface area contributed by atoms with Crippen LogP contribution in [-0.4, -0.2) is 17.6 Å². The zero-order valence-electron chi connectivity index (χ0n) is 9.42. The van der Waals surface area contributed by atoms with Gasteiger partial charge in [-0.1, -0.05) is 24.6 Å². The van der Waals surface area contributed by atoms with Crippen molar-refractivity contribution in [1.29, 1.82) is 0 Å². The van der Waals surface area contributed by atoms with E-state index in [2.05, 4.69) is 4.99 Å². The van der Waals surface area contributed by atoms with Crippen LogP contribution in [0, 0.1) is 0 Å². The summed E-state index contributed by atoms with van der Waals surface area (Å²) >= 11 is 1.76. The first-order valence-corrected chi connectivity index (χ1v) is 6.94. The lowest BCUT2D eigenvalue weighted by atomic mass is 9.98. The van der Waals surface area contributed by atoms with Gasteiger partial charge < -0.3 is 4.74 Å². The summed E-state index contributed by atoms with van der Waals surface area (Å²) in [6, 6.07) is 0. The van der Waals surface area contributed by atoms with Gasteiger partial charge in [0.25, 0.3) is 5.23 Å². The summed E-state index contributed by atoms with van der Waals surface area (Å²) in [6.07, 6.45) is 7.82. The van der Waals surface area contributed by atoms with Crippen molar-refractivity contribution in [2.75, 3.05) is 12.4 Å². The van der Waals surface area contributed by atoms with Crippen LogP contribution in [0.5, 0.6) is 0 Å². The number of hydrogen-bond acceptors (Lipinski definition) is 3. The van der Waals surface area contributed by atoms with Crippen LogP contribution in [0.4, 0.5) is 0 Å². The van der Waals surface area contributed by atoms with E-state index < -0.39 is 0 Å². The van der Waals surface area contributed by atoms with Crippen molar-refractivity contribution in [3.05, 3.63) is 11.3 Å². The predicted molar refractivity (Wildman–Crippen MR) is 66.2 cm³/mol. The van der Waals surface area contributed by atoms with Crippen LogP contribution < -0.4 is 0 Å². The van der Waals surface area contributed by atoms with Crippen molar-refractivity contribution < 1.29 is 4.74 Å². The van der Waals surface area contributed by atoms with Crippen LogP contribution in [0.3, 0.4) is 0 Å². The highest BCUT2D eigenvalue weighted by Gasteiger charge is 2.17. The second kappa shape index (κ2) is 5.59. The molecule has 0 aromatic heterocycles. The Balaban J connectivity index is 2.09. The lowest BCUT2D eigenvalue weighted by Crippen LogP contribution is -2.10. The molecule has 2 nitrogen and oxygen atoms in total. The average Bonchev–Trinajstić information content (AvgIpc) is 2.20. The molecule has 0 atom stereocenters. The van der Waals surface area contributed by atoms with Crippen LogP contribution in [-0.2, 0) is 4.74 Å². The molecule has 0 spiro atoms. The number of allylic oxidation sites excluding steroid dienone is 1. The molecule has 0 bridgehead atoms. The summed E-state index contributed by atoms with van der Waals surface area (Å²) in [5.41, 5.74) is 2.90. The van der Waals surface area contributed by atoms with Crippen molar-refractivity contribution in [1.82, 2.24) is 0 Å². The Morgan fingerprint density at radius 3 is 2.80 bits per heavy atom. The minimum atomic E-state index is 0.731. The summed E-state index contributed by atoms with van der Waals surface area (Å²) in [4.78, 5) is 4.63. The van der Waals surface area contributed by atoms with Crippen LogP contribution in [0.15, 0.2) is 16.3 Å². The SMILES string of the molecule is CCOC1=NC2=C(CCCCCC2)CS1. The van der Waals surface area contributed by atoms with Gasteiger partial charge in [-0.05, 0) is 38.2 Å². The van der Waals surface area contributed by atoms with Crippen molar-refractivity contribution in [3.8, 4) is 0 Å². The third kappa shape index (κ3) is 3.00. The molecule has 0 saturated heterocycles. The molecule has 2 rings (SSSR count). The van der Waals surface area contributed by atoms with E-state index in [0.29, 0.717) is 0 Å². The maximum absolute atomic E-state index is 5.48. The lowest BCUT2D eigenvalue weighted by molar-refractivity contribution is 0.337. The van der Waals surface area contributed by atoms with E-state index in [-0.39, 0.29) is 0 Å². The highest BCUT2D eigenvalue weighted by Crippen LogP contribution is 2.31.